The summed E-state index contributed by atoms with van der Waals surface area (Å²) in [6.07, 6.45) is 0. The molecule has 0 aliphatic heterocycles. The first-order valence-corrected chi connectivity index (χ1v) is 9.97. The SMILES string of the molecule is CCN(C(=O)c1ccc(-c2nc3ccccc3n2CC)s1)c1ccccc1. The standard InChI is InChI=1S/C22H21N3OS/c1-3-24(16-10-6-5-7-11-16)22(26)20-15-14-19(27-20)21-23-17-12-8-9-13-18(17)25(21)4-2/h5-15H,3-4H2,1-2H3. The van der Waals surface area contributed by atoms with Crippen LogP contribution in [0.3, 0.4) is 0 Å². The molecular formula is C22H21N3OS. The maximum absolute atomic E-state index is 13.1. The first-order valence-electron chi connectivity index (χ1n) is 9.15. The highest BCUT2D eigenvalue weighted by molar-refractivity contribution is 7.17. The van der Waals surface area contributed by atoms with E-state index in [2.05, 4.69) is 17.6 Å². The summed E-state index contributed by atoms with van der Waals surface area (Å²) in [6.45, 7) is 5.58. The summed E-state index contributed by atoms with van der Waals surface area (Å²) >= 11 is 1.50. The Bertz CT molecular complexity index is 1080. The number of benzene rings is 2. The normalized spacial score (nSPS) is 11.0. The Balaban J connectivity index is 1.71. The molecule has 0 saturated heterocycles. The fourth-order valence-corrected chi connectivity index (χ4v) is 4.29. The number of hydrogen-bond acceptors (Lipinski definition) is 3. The van der Waals surface area contributed by atoms with Gasteiger partial charge in [-0.2, -0.15) is 0 Å². The summed E-state index contributed by atoms with van der Waals surface area (Å²) in [5.74, 6) is 0.949. The number of fused-ring (bicyclic) bond motifs is 1. The fourth-order valence-electron chi connectivity index (χ4n) is 3.34. The van der Waals surface area contributed by atoms with E-state index in [0.717, 1.165) is 38.8 Å². The van der Waals surface area contributed by atoms with Gasteiger partial charge in [0, 0.05) is 18.8 Å². The predicted octanol–water partition coefficient (Wildman–Crippen LogP) is 5.45. The van der Waals surface area contributed by atoms with Crippen LogP contribution in [-0.4, -0.2) is 22.0 Å². The molecule has 4 aromatic rings. The highest BCUT2D eigenvalue weighted by Crippen LogP contribution is 2.31. The van der Waals surface area contributed by atoms with Crippen LogP contribution >= 0.6 is 11.3 Å². The number of para-hydroxylation sites is 3. The molecule has 5 heteroatoms. The molecule has 0 radical (unpaired) electrons. The van der Waals surface area contributed by atoms with Crippen LogP contribution in [-0.2, 0) is 6.54 Å². The largest absolute Gasteiger partial charge is 0.324 e. The molecular weight excluding hydrogens is 354 g/mol. The Kier molecular flexibility index (Phi) is 4.77. The molecule has 4 rings (SSSR count). The molecule has 0 bridgehead atoms. The van der Waals surface area contributed by atoms with Crippen molar-refractivity contribution in [3.63, 3.8) is 0 Å². The molecule has 0 aliphatic carbocycles. The summed E-state index contributed by atoms with van der Waals surface area (Å²) in [4.78, 5) is 21.4. The second-order valence-electron chi connectivity index (χ2n) is 6.22. The highest BCUT2D eigenvalue weighted by atomic mass is 32.1. The zero-order valence-corrected chi connectivity index (χ0v) is 16.2. The van der Waals surface area contributed by atoms with Crippen LogP contribution in [0.15, 0.2) is 66.7 Å². The number of aryl methyl sites for hydroxylation is 1. The third-order valence-electron chi connectivity index (χ3n) is 4.64. The first-order chi connectivity index (χ1) is 13.2. The van der Waals surface area contributed by atoms with E-state index in [0.29, 0.717) is 6.54 Å². The molecule has 0 fully saturated rings. The zero-order chi connectivity index (χ0) is 18.8. The minimum atomic E-state index is 0.0270. The molecule has 2 heterocycles. The van der Waals surface area contributed by atoms with Gasteiger partial charge in [-0.3, -0.25) is 4.79 Å². The van der Waals surface area contributed by atoms with Crippen molar-refractivity contribution < 1.29 is 4.79 Å². The van der Waals surface area contributed by atoms with Crippen molar-refractivity contribution in [1.29, 1.82) is 0 Å². The van der Waals surface area contributed by atoms with E-state index in [1.54, 1.807) is 4.90 Å². The topological polar surface area (TPSA) is 38.1 Å². The third kappa shape index (κ3) is 3.15. The number of amides is 1. The number of imidazole rings is 1. The number of thiophene rings is 1. The van der Waals surface area contributed by atoms with Crippen molar-refractivity contribution >= 4 is 34.0 Å². The molecule has 1 amide bonds. The number of hydrogen-bond donors (Lipinski definition) is 0. The van der Waals surface area contributed by atoms with Crippen molar-refractivity contribution in [2.45, 2.75) is 20.4 Å². The van der Waals surface area contributed by atoms with Gasteiger partial charge >= 0.3 is 0 Å². The lowest BCUT2D eigenvalue weighted by molar-refractivity contribution is 0.0992. The summed E-state index contributed by atoms with van der Waals surface area (Å²) in [7, 11) is 0. The van der Waals surface area contributed by atoms with Gasteiger partial charge in [-0.15, -0.1) is 11.3 Å². The lowest BCUT2D eigenvalue weighted by Crippen LogP contribution is -2.29. The number of anilines is 1. The van der Waals surface area contributed by atoms with Crippen molar-refractivity contribution in [3.05, 3.63) is 71.6 Å². The molecule has 136 valence electrons. The van der Waals surface area contributed by atoms with Crippen LogP contribution in [0.25, 0.3) is 21.7 Å². The second-order valence-corrected chi connectivity index (χ2v) is 7.30. The van der Waals surface area contributed by atoms with E-state index in [-0.39, 0.29) is 5.91 Å². The van der Waals surface area contributed by atoms with Crippen molar-refractivity contribution in [1.82, 2.24) is 9.55 Å². The molecule has 0 unspecified atom stereocenters. The molecule has 2 aromatic carbocycles. The van der Waals surface area contributed by atoms with Crippen LogP contribution in [0.2, 0.25) is 0 Å². The molecule has 0 aliphatic rings. The average molecular weight is 375 g/mol. The average Bonchev–Trinajstić information content (AvgIpc) is 3.33. The lowest BCUT2D eigenvalue weighted by Gasteiger charge is -2.20. The number of carbonyl (C=O) groups is 1. The quantitative estimate of drug-likeness (QED) is 0.465. The van der Waals surface area contributed by atoms with Gasteiger partial charge in [0.25, 0.3) is 5.91 Å². The summed E-state index contributed by atoms with van der Waals surface area (Å²) in [5.41, 5.74) is 3.02. The van der Waals surface area contributed by atoms with E-state index < -0.39 is 0 Å². The Morgan fingerprint density at radius 2 is 1.74 bits per heavy atom. The van der Waals surface area contributed by atoms with Gasteiger partial charge in [-0.1, -0.05) is 30.3 Å². The van der Waals surface area contributed by atoms with Crippen molar-refractivity contribution in [3.8, 4) is 10.7 Å². The molecule has 0 spiro atoms. The zero-order valence-electron chi connectivity index (χ0n) is 15.4. The van der Waals surface area contributed by atoms with E-state index in [1.807, 2.05) is 67.6 Å². The maximum atomic E-state index is 13.1. The second kappa shape index (κ2) is 7.37. The minimum Gasteiger partial charge on any atom is -0.324 e. The molecule has 0 N–H and O–H groups in total. The Morgan fingerprint density at radius 1 is 1.00 bits per heavy atom. The number of aromatic nitrogens is 2. The summed E-state index contributed by atoms with van der Waals surface area (Å²) in [5, 5.41) is 0. The van der Waals surface area contributed by atoms with E-state index in [1.165, 1.54) is 11.3 Å². The Morgan fingerprint density at radius 3 is 2.48 bits per heavy atom. The maximum Gasteiger partial charge on any atom is 0.268 e. The van der Waals surface area contributed by atoms with Gasteiger partial charge in [-0.25, -0.2) is 4.98 Å². The number of rotatable bonds is 5. The molecule has 27 heavy (non-hydrogen) atoms. The summed E-state index contributed by atoms with van der Waals surface area (Å²) in [6, 6.07) is 21.9. The van der Waals surface area contributed by atoms with Gasteiger partial charge in [0.1, 0.15) is 0 Å². The van der Waals surface area contributed by atoms with Gasteiger partial charge in [0.05, 0.1) is 20.8 Å². The minimum absolute atomic E-state index is 0.0270. The monoisotopic (exact) mass is 375 g/mol. The van der Waals surface area contributed by atoms with E-state index in [4.69, 9.17) is 4.98 Å². The Hall–Kier alpha value is -2.92. The third-order valence-corrected chi connectivity index (χ3v) is 5.71. The van der Waals surface area contributed by atoms with Gasteiger partial charge < -0.3 is 9.47 Å². The summed E-state index contributed by atoms with van der Waals surface area (Å²) < 4.78 is 2.20. The smallest absolute Gasteiger partial charge is 0.268 e. The molecule has 0 saturated carbocycles. The van der Waals surface area contributed by atoms with Gasteiger partial charge in [0.2, 0.25) is 0 Å². The number of carbonyl (C=O) groups excluding carboxylic acids is 1. The highest BCUT2D eigenvalue weighted by Gasteiger charge is 2.20. The van der Waals surface area contributed by atoms with Crippen LogP contribution in [0.1, 0.15) is 23.5 Å². The van der Waals surface area contributed by atoms with Crippen LogP contribution in [0, 0.1) is 0 Å². The molecule has 0 atom stereocenters. The van der Waals surface area contributed by atoms with E-state index >= 15 is 0 Å². The molecule has 4 nitrogen and oxygen atoms in total. The van der Waals surface area contributed by atoms with Crippen LogP contribution in [0.4, 0.5) is 5.69 Å². The van der Waals surface area contributed by atoms with Gasteiger partial charge in [0.15, 0.2) is 5.82 Å². The Labute approximate surface area is 162 Å². The predicted molar refractivity (Wildman–Crippen MR) is 113 cm³/mol. The van der Waals surface area contributed by atoms with Crippen LogP contribution in [0.5, 0.6) is 0 Å². The molecule has 2 aromatic heterocycles. The van der Waals surface area contributed by atoms with E-state index in [9.17, 15) is 4.79 Å². The van der Waals surface area contributed by atoms with Gasteiger partial charge in [-0.05, 0) is 50.2 Å². The van der Waals surface area contributed by atoms with Crippen molar-refractivity contribution in [2.24, 2.45) is 0 Å². The van der Waals surface area contributed by atoms with Crippen LogP contribution < -0.4 is 4.90 Å². The fraction of sp³-hybridized carbons (Fsp3) is 0.182. The van der Waals surface area contributed by atoms with Crippen molar-refractivity contribution in [2.75, 3.05) is 11.4 Å². The first kappa shape index (κ1) is 17.5. The number of nitrogens with zero attached hydrogens (tertiary/aromatic N) is 3. The lowest BCUT2D eigenvalue weighted by atomic mass is 10.2.